The van der Waals surface area contributed by atoms with E-state index in [1.807, 2.05) is 6.07 Å². The number of benzene rings is 1. The molecule has 1 nitrogen and oxygen atoms in total. The first kappa shape index (κ1) is 13.4. The monoisotopic (exact) mass is 238 g/mol. The summed E-state index contributed by atoms with van der Waals surface area (Å²) in [6, 6.07) is 6.32. The number of hydrogen-bond acceptors (Lipinski definition) is 2. The quantitative estimate of drug-likeness (QED) is 0.740. The molecule has 0 aliphatic carbocycles. The van der Waals surface area contributed by atoms with Gasteiger partial charge in [-0.25, -0.2) is 0 Å². The zero-order chi connectivity index (χ0) is 12.0. The van der Waals surface area contributed by atoms with E-state index >= 15 is 0 Å². The Labute approximate surface area is 105 Å². The van der Waals surface area contributed by atoms with E-state index < -0.39 is 0 Å². The molecular weight excluding hydrogens is 216 g/mol. The molecule has 1 unspecified atom stereocenters. The molecule has 0 saturated heterocycles. The highest BCUT2D eigenvalue weighted by Gasteiger charge is 2.06. The molecular formula is C14H22OS. The lowest BCUT2D eigenvalue weighted by atomic mass is 9.94. The molecule has 1 aromatic rings. The maximum absolute atomic E-state index is 5.26. The van der Waals surface area contributed by atoms with Crippen molar-refractivity contribution in [2.45, 2.75) is 33.1 Å². The number of methoxy groups -OCH3 is 1. The van der Waals surface area contributed by atoms with Gasteiger partial charge in [-0.3, -0.25) is 0 Å². The van der Waals surface area contributed by atoms with Crippen molar-refractivity contribution in [1.29, 1.82) is 0 Å². The van der Waals surface area contributed by atoms with Crippen LogP contribution in [0, 0.1) is 12.8 Å². The van der Waals surface area contributed by atoms with Crippen LogP contribution in [0.15, 0.2) is 18.2 Å². The van der Waals surface area contributed by atoms with Crippen LogP contribution in [0.3, 0.4) is 0 Å². The second-order valence-corrected chi connectivity index (χ2v) is 4.91. The largest absolute Gasteiger partial charge is 0.497 e. The minimum Gasteiger partial charge on any atom is -0.497 e. The average Bonchev–Trinajstić information content (AvgIpc) is 2.29. The molecule has 1 aromatic carbocycles. The van der Waals surface area contributed by atoms with Gasteiger partial charge >= 0.3 is 0 Å². The normalized spacial score (nSPS) is 12.5. The molecule has 16 heavy (non-hydrogen) atoms. The van der Waals surface area contributed by atoms with Crippen LogP contribution in [-0.4, -0.2) is 12.9 Å². The number of thiol groups is 1. The van der Waals surface area contributed by atoms with Gasteiger partial charge < -0.3 is 4.74 Å². The molecule has 1 rings (SSSR count). The summed E-state index contributed by atoms with van der Waals surface area (Å²) in [5.41, 5.74) is 2.77. The fourth-order valence-corrected chi connectivity index (χ4v) is 2.09. The molecule has 0 heterocycles. The Hall–Kier alpha value is -0.630. The van der Waals surface area contributed by atoms with Crippen LogP contribution >= 0.6 is 12.6 Å². The van der Waals surface area contributed by atoms with Crippen molar-refractivity contribution in [2.75, 3.05) is 12.9 Å². The van der Waals surface area contributed by atoms with Gasteiger partial charge in [-0.05, 0) is 61.1 Å². The molecule has 0 saturated carbocycles. The van der Waals surface area contributed by atoms with Gasteiger partial charge in [0.2, 0.25) is 0 Å². The maximum Gasteiger partial charge on any atom is 0.119 e. The van der Waals surface area contributed by atoms with Gasteiger partial charge in [0.15, 0.2) is 0 Å². The molecule has 1 atom stereocenters. The molecule has 0 spiro atoms. The highest BCUT2D eigenvalue weighted by atomic mass is 32.1. The summed E-state index contributed by atoms with van der Waals surface area (Å²) in [6.07, 6.45) is 3.59. The highest BCUT2D eigenvalue weighted by Crippen LogP contribution is 2.21. The Morgan fingerprint density at radius 1 is 1.38 bits per heavy atom. The zero-order valence-corrected chi connectivity index (χ0v) is 11.4. The lowest BCUT2D eigenvalue weighted by Gasteiger charge is -2.13. The van der Waals surface area contributed by atoms with Crippen LogP contribution in [0.4, 0.5) is 0 Å². The van der Waals surface area contributed by atoms with Crippen molar-refractivity contribution < 1.29 is 4.74 Å². The Bertz CT molecular complexity index is 323. The zero-order valence-electron chi connectivity index (χ0n) is 10.5. The van der Waals surface area contributed by atoms with Crippen molar-refractivity contribution in [3.63, 3.8) is 0 Å². The molecule has 2 heteroatoms. The maximum atomic E-state index is 5.26. The first-order chi connectivity index (χ1) is 7.67. The fourth-order valence-electron chi connectivity index (χ4n) is 1.91. The van der Waals surface area contributed by atoms with Crippen LogP contribution in [0.5, 0.6) is 5.75 Å². The summed E-state index contributed by atoms with van der Waals surface area (Å²) in [5.74, 6) is 2.67. The fraction of sp³-hybridized carbons (Fsp3) is 0.571. The Kier molecular flexibility index (Phi) is 5.75. The van der Waals surface area contributed by atoms with Gasteiger partial charge in [-0.2, -0.15) is 12.6 Å². The SMILES string of the molecule is COc1ccc(C)c(CC(C)CCCS)c1. The number of aryl methyl sites for hydroxylation is 1. The Balaban J connectivity index is 2.64. The summed E-state index contributed by atoms with van der Waals surface area (Å²) in [5, 5.41) is 0. The van der Waals surface area contributed by atoms with Gasteiger partial charge in [-0.1, -0.05) is 13.0 Å². The molecule has 0 amide bonds. The van der Waals surface area contributed by atoms with Crippen LogP contribution in [0.25, 0.3) is 0 Å². The lowest BCUT2D eigenvalue weighted by Crippen LogP contribution is -2.02. The summed E-state index contributed by atoms with van der Waals surface area (Å²) in [7, 11) is 1.72. The third kappa shape index (κ3) is 4.09. The molecule has 0 radical (unpaired) electrons. The van der Waals surface area contributed by atoms with Crippen molar-refractivity contribution in [2.24, 2.45) is 5.92 Å². The van der Waals surface area contributed by atoms with Crippen LogP contribution in [-0.2, 0) is 6.42 Å². The molecule has 0 aliphatic heterocycles. The van der Waals surface area contributed by atoms with E-state index in [2.05, 4.69) is 38.6 Å². The summed E-state index contributed by atoms with van der Waals surface area (Å²) >= 11 is 4.25. The first-order valence-electron chi connectivity index (χ1n) is 5.91. The smallest absolute Gasteiger partial charge is 0.119 e. The predicted octanol–water partition coefficient (Wildman–Crippen LogP) is 3.89. The third-order valence-corrected chi connectivity index (χ3v) is 3.30. The molecule has 0 N–H and O–H groups in total. The summed E-state index contributed by atoms with van der Waals surface area (Å²) in [6.45, 7) is 4.47. The van der Waals surface area contributed by atoms with Gasteiger partial charge in [0, 0.05) is 0 Å². The molecule has 90 valence electrons. The molecule has 0 fully saturated rings. The van der Waals surface area contributed by atoms with Gasteiger partial charge in [0.1, 0.15) is 5.75 Å². The van der Waals surface area contributed by atoms with Crippen LogP contribution < -0.4 is 4.74 Å². The van der Waals surface area contributed by atoms with Gasteiger partial charge in [0.25, 0.3) is 0 Å². The Morgan fingerprint density at radius 2 is 2.12 bits per heavy atom. The Morgan fingerprint density at radius 3 is 2.75 bits per heavy atom. The first-order valence-corrected chi connectivity index (χ1v) is 6.55. The van der Waals surface area contributed by atoms with Gasteiger partial charge in [-0.15, -0.1) is 0 Å². The average molecular weight is 238 g/mol. The van der Waals surface area contributed by atoms with Crippen molar-refractivity contribution in [3.8, 4) is 5.75 Å². The second-order valence-electron chi connectivity index (χ2n) is 4.47. The highest BCUT2D eigenvalue weighted by molar-refractivity contribution is 7.80. The minimum atomic E-state index is 0.720. The minimum absolute atomic E-state index is 0.720. The molecule has 0 aromatic heterocycles. The van der Waals surface area contributed by atoms with E-state index in [4.69, 9.17) is 4.74 Å². The van der Waals surface area contributed by atoms with E-state index in [0.29, 0.717) is 0 Å². The number of hydrogen-bond donors (Lipinski definition) is 1. The van der Waals surface area contributed by atoms with Crippen molar-refractivity contribution >= 4 is 12.6 Å². The van der Waals surface area contributed by atoms with Crippen LogP contribution in [0.2, 0.25) is 0 Å². The lowest BCUT2D eigenvalue weighted by molar-refractivity contribution is 0.413. The van der Waals surface area contributed by atoms with E-state index in [9.17, 15) is 0 Å². The number of ether oxygens (including phenoxy) is 1. The van der Waals surface area contributed by atoms with E-state index in [0.717, 1.165) is 23.8 Å². The summed E-state index contributed by atoms with van der Waals surface area (Å²) in [4.78, 5) is 0. The van der Waals surface area contributed by atoms with E-state index in [1.165, 1.54) is 24.0 Å². The van der Waals surface area contributed by atoms with Crippen molar-refractivity contribution in [3.05, 3.63) is 29.3 Å². The topological polar surface area (TPSA) is 9.23 Å². The van der Waals surface area contributed by atoms with E-state index in [1.54, 1.807) is 7.11 Å². The molecule has 0 bridgehead atoms. The summed E-state index contributed by atoms with van der Waals surface area (Å²) < 4.78 is 5.26. The third-order valence-electron chi connectivity index (χ3n) is 2.98. The van der Waals surface area contributed by atoms with Gasteiger partial charge in [0.05, 0.1) is 7.11 Å². The predicted molar refractivity (Wildman–Crippen MR) is 73.7 cm³/mol. The van der Waals surface area contributed by atoms with Crippen molar-refractivity contribution in [1.82, 2.24) is 0 Å². The van der Waals surface area contributed by atoms with E-state index in [-0.39, 0.29) is 0 Å². The standard InChI is InChI=1S/C14H22OS/c1-11(5-4-8-16)9-13-10-14(15-3)7-6-12(13)2/h6-7,10-11,16H,4-5,8-9H2,1-3H3. The number of rotatable bonds is 6. The second kappa shape index (κ2) is 6.85. The van der Waals surface area contributed by atoms with Crippen LogP contribution in [0.1, 0.15) is 30.9 Å². The molecule has 0 aliphatic rings.